The predicted molar refractivity (Wildman–Crippen MR) is 84.1 cm³/mol. The number of carboxylic acid groups (broad SMARTS) is 1. The van der Waals surface area contributed by atoms with Gasteiger partial charge in [-0.1, -0.05) is 18.5 Å². The Morgan fingerprint density at radius 1 is 1.50 bits per heavy atom. The molecular formula is C14H14ClNO2S2. The summed E-state index contributed by atoms with van der Waals surface area (Å²) in [5.74, 6) is -0.266. The molecule has 1 aromatic carbocycles. The van der Waals surface area contributed by atoms with Gasteiger partial charge in [0.15, 0.2) is 0 Å². The van der Waals surface area contributed by atoms with Gasteiger partial charge in [-0.3, -0.25) is 0 Å². The first kappa shape index (κ1) is 15.4. The van der Waals surface area contributed by atoms with Crippen LogP contribution in [-0.2, 0) is 12.2 Å². The molecule has 0 saturated carbocycles. The lowest BCUT2D eigenvalue weighted by Crippen LogP contribution is -1.97. The molecular weight excluding hydrogens is 314 g/mol. The predicted octanol–water partition coefficient (Wildman–Crippen LogP) is 4.74. The van der Waals surface area contributed by atoms with Crippen molar-refractivity contribution in [2.75, 3.05) is 0 Å². The van der Waals surface area contributed by atoms with Crippen molar-refractivity contribution in [1.82, 2.24) is 4.98 Å². The van der Waals surface area contributed by atoms with Gasteiger partial charge in [0.2, 0.25) is 0 Å². The second kappa shape index (κ2) is 7.11. The van der Waals surface area contributed by atoms with E-state index in [2.05, 4.69) is 17.3 Å². The molecule has 0 unspecified atom stereocenters. The molecule has 1 N–H and O–H groups in total. The van der Waals surface area contributed by atoms with Gasteiger partial charge in [0.25, 0.3) is 0 Å². The zero-order valence-corrected chi connectivity index (χ0v) is 13.3. The summed E-state index contributed by atoms with van der Waals surface area (Å²) in [6.45, 7) is 2.14. The number of hydrogen-bond donors (Lipinski definition) is 1. The van der Waals surface area contributed by atoms with Gasteiger partial charge in [0, 0.05) is 16.0 Å². The molecule has 6 heteroatoms. The minimum absolute atomic E-state index is 0.140. The summed E-state index contributed by atoms with van der Waals surface area (Å²) in [6, 6.07) is 5.06. The van der Waals surface area contributed by atoms with Crippen LogP contribution in [0.3, 0.4) is 0 Å². The third kappa shape index (κ3) is 3.98. The van der Waals surface area contributed by atoms with E-state index in [1.165, 1.54) is 0 Å². The summed E-state index contributed by atoms with van der Waals surface area (Å²) in [6.07, 6.45) is 2.11. The molecule has 0 aliphatic heterocycles. The number of benzene rings is 1. The molecule has 106 valence electrons. The Hall–Kier alpha value is -1.04. The Kier molecular flexibility index (Phi) is 5.46. The second-order valence-corrected chi connectivity index (χ2v) is 6.62. The smallest absolute Gasteiger partial charge is 0.337 e. The highest BCUT2D eigenvalue weighted by Crippen LogP contribution is 2.27. The third-order valence-electron chi connectivity index (χ3n) is 2.62. The van der Waals surface area contributed by atoms with Crippen LogP contribution in [0.5, 0.6) is 0 Å². The summed E-state index contributed by atoms with van der Waals surface area (Å²) in [5.41, 5.74) is 1.18. The van der Waals surface area contributed by atoms with Crippen molar-refractivity contribution in [2.24, 2.45) is 0 Å². The number of aromatic carboxylic acids is 1. The number of aromatic nitrogens is 1. The molecule has 0 radical (unpaired) electrons. The summed E-state index contributed by atoms with van der Waals surface area (Å²) >= 11 is 9.09. The molecule has 0 aliphatic rings. The van der Waals surface area contributed by atoms with Gasteiger partial charge < -0.3 is 5.11 Å². The Bertz CT molecular complexity index is 613. The van der Waals surface area contributed by atoms with Gasteiger partial charge in [-0.05, 0) is 31.0 Å². The molecule has 20 heavy (non-hydrogen) atoms. The fraction of sp³-hybridized carbons (Fsp3) is 0.286. The number of aryl methyl sites for hydroxylation is 1. The minimum Gasteiger partial charge on any atom is -0.478 e. The minimum atomic E-state index is -1.00. The lowest BCUT2D eigenvalue weighted by atomic mass is 10.2. The lowest BCUT2D eigenvalue weighted by molar-refractivity contribution is 0.0697. The van der Waals surface area contributed by atoms with Crippen molar-refractivity contribution < 1.29 is 9.90 Å². The average molecular weight is 328 g/mol. The Balaban J connectivity index is 2.03. The summed E-state index contributed by atoms with van der Waals surface area (Å²) in [7, 11) is 0. The molecule has 0 spiro atoms. The molecule has 0 saturated heterocycles. The molecule has 2 rings (SSSR count). The molecule has 0 bridgehead atoms. The maximum Gasteiger partial charge on any atom is 0.337 e. The number of thioether (sulfide) groups is 1. The summed E-state index contributed by atoms with van der Waals surface area (Å²) in [4.78, 5) is 16.5. The van der Waals surface area contributed by atoms with Gasteiger partial charge in [-0.2, -0.15) is 0 Å². The van der Waals surface area contributed by atoms with Crippen molar-refractivity contribution in [2.45, 2.75) is 30.4 Å². The first-order chi connectivity index (χ1) is 9.60. The van der Waals surface area contributed by atoms with Gasteiger partial charge >= 0.3 is 5.97 Å². The standard InChI is InChI=1S/C14H14ClNO2S2/c1-2-3-13-16-9(8-20-13)7-19-10-4-5-12(15)11(6-10)14(17)18/h4-6,8H,2-3,7H2,1H3,(H,17,18). The fourth-order valence-corrected chi connectivity index (χ4v) is 3.69. The Morgan fingerprint density at radius 2 is 2.30 bits per heavy atom. The molecule has 0 atom stereocenters. The van der Waals surface area contributed by atoms with E-state index >= 15 is 0 Å². The SMILES string of the molecule is CCCc1nc(CSc2ccc(Cl)c(C(=O)O)c2)cs1. The highest BCUT2D eigenvalue weighted by molar-refractivity contribution is 7.98. The van der Waals surface area contributed by atoms with Crippen molar-refractivity contribution in [3.05, 3.63) is 44.9 Å². The number of carbonyl (C=O) groups is 1. The van der Waals surface area contributed by atoms with E-state index in [4.69, 9.17) is 16.7 Å². The molecule has 1 aromatic heterocycles. The monoisotopic (exact) mass is 327 g/mol. The van der Waals surface area contributed by atoms with Crippen LogP contribution >= 0.6 is 34.7 Å². The van der Waals surface area contributed by atoms with E-state index < -0.39 is 5.97 Å². The van der Waals surface area contributed by atoms with E-state index in [9.17, 15) is 4.79 Å². The van der Waals surface area contributed by atoms with Crippen LogP contribution in [0.15, 0.2) is 28.5 Å². The quantitative estimate of drug-likeness (QED) is 0.778. The molecule has 0 amide bonds. The van der Waals surface area contributed by atoms with E-state index in [-0.39, 0.29) is 10.6 Å². The number of hydrogen-bond acceptors (Lipinski definition) is 4. The lowest BCUT2D eigenvalue weighted by Gasteiger charge is -2.03. The van der Waals surface area contributed by atoms with Crippen LogP contribution in [-0.4, -0.2) is 16.1 Å². The van der Waals surface area contributed by atoms with Crippen molar-refractivity contribution >= 4 is 40.7 Å². The largest absolute Gasteiger partial charge is 0.478 e. The molecule has 1 heterocycles. The van der Waals surface area contributed by atoms with Crippen molar-refractivity contribution in [3.63, 3.8) is 0 Å². The highest BCUT2D eigenvalue weighted by Gasteiger charge is 2.10. The molecule has 2 aromatic rings. The second-order valence-electron chi connectivity index (χ2n) is 4.22. The number of nitrogens with zero attached hydrogens (tertiary/aromatic N) is 1. The number of halogens is 1. The summed E-state index contributed by atoms with van der Waals surface area (Å²) < 4.78 is 0. The van der Waals surface area contributed by atoms with E-state index in [0.29, 0.717) is 0 Å². The van der Waals surface area contributed by atoms with Crippen molar-refractivity contribution in [3.8, 4) is 0 Å². The normalized spacial score (nSPS) is 10.7. The highest BCUT2D eigenvalue weighted by atomic mass is 35.5. The van der Waals surface area contributed by atoms with Crippen LogP contribution in [0.25, 0.3) is 0 Å². The zero-order valence-electron chi connectivity index (χ0n) is 10.9. The van der Waals surface area contributed by atoms with E-state index in [1.54, 1.807) is 35.2 Å². The van der Waals surface area contributed by atoms with Crippen LogP contribution in [0, 0.1) is 0 Å². The van der Waals surface area contributed by atoms with Crippen LogP contribution in [0.1, 0.15) is 34.4 Å². The molecule has 0 aliphatic carbocycles. The Morgan fingerprint density at radius 3 is 3.00 bits per heavy atom. The zero-order chi connectivity index (χ0) is 14.5. The molecule has 0 fully saturated rings. The van der Waals surface area contributed by atoms with E-state index in [0.717, 1.165) is 34.2 Å². The first-order valence-corrected chi connectivity index (χ1v) is 8.43. The Labute approximate surface area is 131 Å². The van der Waals surface area contributed by atoms with Gasteiger partial charge in [0.05, 0.1) is 21.3 Å². The van der Waals surface area contributed by atoms with E-state index in [1.807, 2.05) is 6.07 Å². The number of thiazole rings is 1. The number of carboxylic acids is 1. The molecule has 3 nitrogen and oxygen atoms in total. The maximum atomic E-state index is 11.0. The first-order valence-electron chi connectivity index (χ1n) is 6.19. The maximum absolute atomic E-state index is 11.0. The van der Waals surface area contributed by atoms with Gasteiger partial charge in [0.1, 0.15) is 0 Å². The van der Waals surface area contributed by atoms with Crippen LogP contribution in [0.4, 0.5) is 0 Å². The van der Waals surface area contributed by atoms with Gasteiger partial charge in [-0.15, -0.1) is 23.1 Å². The van der Waals surface area contributed by atoms with Gasteiger partial charge in [-0.25, -0.2) is 9.78 Å². The van der Waals surface area contributed by atoms with Crippen LogP contribution in [0.2, 0.25) is 5.02 Å². The van der Waals surface area contributed by atoms with Crippen LogP contribution < -0.4 is 0 Å². The number of rotatable bonds is 6. The average Bonchev–Trinajstić information content (AvgIpc) is 2.86. The topological polar surface area (TPSA) is 50.2 Å². The summed E-state index contributed by atoms with van der Waals surface area (Å²) in [5, 5.41) is 12.5. The fourth-order valence-electron chi connectivity index (χ4n) is 1.66. The van der Waals surface area contributed by atoms with Crippen molar-refractivity contribution in [1.29, 1.82) is 0 Å². The third-order valence-corrected chi connectivity index (χ3v) is 4.93.